The lowest BCUT2D eigenvalue weighted by molar-refractivity contribution is 0.359. The molecule has 0 aliphatic rings. The topological polar surface area (TPSA) is 21.3 Å². The highest BCUT2D eigenvalue weighted by molar-refractivity contribution is 5.30. The summed E-state index contributed by atoms with van der Waals surface area (Å²) in [5.41, 5.74) is 0.672. The molecule has 0 fully saturated rings. The summed E-state index contributed by atoms with van der Waals surface area (Å²) in [5.74, 6) is 0.337. The van der Waals surface area contributed by atoms with Gasteiger partial charge in [-0.15, -0.1) is 0 Å². The summed E-state index contributed by atoms with van der Waals surface area (Å²) < 4.78 is 19.2. The third-order valence-corrected chi connectivity index (χ3v) is 2.53. The highest BCUT2D eigenvalue weighted by Crippen LogP contribution is 2.21. The van der Waals surface area contributed by atoms with E-state index in [9.17, 15) is 4.39 Å². The van der Waals surface area contributed by atoms with Gasteiger partial charge in [-0.3, -0.25) is 0 Å². The number of halogens is 1. The first-order valence-electron chi connectivity index (χ1n) is 5.95. The molecule has 1 aromatic rings. The molecule has 0 aromatic heterocycles. The number of allylic oxidation sites excluding steroid dienone is 1. The molecule has 0 saturated heterocycles. The maximum absolute atomic E-state index is 13.8. The Morgan fingerprint density at radius 2 is 2.24 bits per heavy atom. The molecule has 0 aliphatic carbocycles. The predicted octanol–water partition coefficient (Wildman–Crippen LogP) is 3.45. The molecular formula is C14H20FNO. The molecule has 1 atom stereocenters. The van der Waals surface area contributed by atoms with Crippen molar-refractivity contribution >= 4 is 0 Å². The minimum absolute atomic E-state index is 0.0181. The Kier molecular flexibility index (Phi) is 5.70. The zero-order chi connectivity index (χ0) is 12.7. The van der Waals surface area contributed by atoms with Crippen molar-refractivity contribution in [2.75, 3.05) is 13.2 Å². The molecule has 0 saturated carbocycles. The monoisotopic (exact) mass is 237 g/mol. The fourth-order valence-electron chi connectivity index (χ4n) is 1.61. The lowest BCUT2D eigenvalue weighted by Crippen LogP contribution is -2.18. The van der Waals surface area contributed by atoms with Gasteiger partial charge in [-0.25, -0.2) is 4.39 Å². The van der Waals surface area contributed by atoms with E-state index in [2.05, 4.69) is 5.32 Å². The van der Waals surface area contributed by atoms with Crippen molar-refractivity contribution in [3.63, 3.8) is 0 Å². The maximum atomic E-state index is 13.8. The summed E-state index contributed by atoms with van der Waals surface area (Å²) in [6, 6.07) is 5.03. The third kappa shape index (κ3) is 4.19. The van der Waals surface area contributed by atoms with Gasteiger partial charge < -0.3 is 10.1 Å². The molecule has 0 spiro atoms. The maximum Gasteiger partial charge on any atom is 0.131 e. The Balaban J connectivity index is 2.71. The van der Waals surface area contributed by atoms with Crippen molar-refractivity contribution in [3.05, 3.63) is 41.7 Å². The van der Waals surface area contributed by atoms with Crippen LogP contribution in [-0.2, 0) is 0 Å². The van der Waals surface area contributed by atoms with E-state index in [-0.39, 0.29) is 11.9 Å². The van der Waals surface area contributed by atoms with Gasteiger partial charge in [0.25, 0.3) is 0 Å². The van der Waals surface area contributed by atoms with Crippen LogP contribution in [0, 0.1) is 5.82 Å². The number of hydrogen-bond acceptors (Lipinski definition) is 2. The molecule has 1 aromatic carbocycles. The van der Waals surface area contributed by atoms with Crippen molar-refractivity contribution < 1.29 is 9.13 Å². The first kappa shape index (κ1) is 13.7. The van der Waals surface area contributed by atoms with E-state index >= 15 is 0 Å². The van der Waals surface area contributed by atoms with Crippen LogP contribution in [0.1, 0.15) is 32.4 Å². The highest BCUT2D eigenvalue weighted by Gasteiger charge is 2.10. The van der Waals surface area contributed by atoms with E-state index < -0.39 is 0 Å². The fraction of sp³-hybridized carbons (Fsp3) is 0.429. The second-order valence-corrected chi connectivity index (χ2v) is 3.84. The van der Waals surface area contributed by atoms with E-state index in [1.54, 1.807) is 12.1 Å². The summed E-state index contributed by atoms with van der Waals surface area (Å²) in [5, 5.41) is 3.18. The first-order valence-corrected chi connectivity index (χ1v) is 5.95. The molecule has 0 heterocycles. The quantitative estimate of drug-likeness (QED) is 0.765. The van der Waals surface area contributed by atoms with Crippen LogP contribution in [-0.4, -0.2) is 13.2 Å². The van der Waals surface area contributed by atoms with E-state index in [4.69, 9.17) is 4.74 Å². The predicted molar refractivity (Wildman–Crippen MR) is 68.8 cm³/mol. The summed E-state index contributed by atoms with van der Waals surface area (Å²) in [6.45, 7) is 7.16. The zero-order valence-electron chi connectivity index (χ0n) is 10.7. The second kappa shape index (κ2) is 7.07. The smallest absolute Gasteiger partial charge is 0.131 e. The van der Waals surface area contributed by atoms with E-state index in [0.29, 0.717) is 17.9 Å². The molecular weight excluding hydrogens is 217 g/mol. The van der Waals surface area contributed by atoms with Crippen LogP contribution in [0.15, 0.2) is 30.4 Å². The summed E-state index contributed by atoms with van der Waals surface area (Å²) >= 11 is 0. The molecule has 0 aliphatic heterocycles. The van der Waals surface area contributed by atoms with Crippen molar-refractivity contribution in [2.24, 2.45) is 0 Å². The van der Waals surface area contributed by atoms with Crippen molar-refractivity contribution in [1.82, 2.24) is 5.32 Å². The number of ether oxygens (including phenoxy) is 1. The van der Waals surface area contributed by atoms with Gasteiger partial charge in [0, 0.05) is 17.7 Å². The minimum atomic E-state index is -0.226. The van der Waals surface area contributed by atoms with Gasteiger partial charge in [0.1, 0.15) is 18.2 Å². The standard InChI is InChI=1S/C14H20FNO/c1-4-6-9-17-12-7-8-13(14(15)10-12)11(3)16-5-2/h4,6-8,10-11,16H,5,9H2,1-3H3/b6-4+. The van der Waals surface area contributed by atoms with Crippen molar-refractivity contribution in [2.45, 2.75) is 26.8 Å². The van der Waals surface area contributed by atoms with Crippen LogP contribution in [0.25, 0.3) is 0 Å². The number of rotatable bonds is 6. The molecule has 94 valence electrons. The van der Waals surface area contributed by atoms with E-state index in [0.717, 1.165) is 6.54 Å². The number of benzene rings is 1. The minimum Gasteiger partial charge on any atom is -0.489 e. The molecule has 1 N–H and O–H groups in total. The molecule has 2 nitrogen and oxygen atoms in total. The second-order valence-electron chi connectivity index (χ2n) is 3.84. The highest BCUT2D eigenvalue weighted by atomic mass is 19.1. The molecule has 0 bridgehead atoms. The SMILES string of the molecule is C/C=C/COc1ccc(C(C)NCC)c(F)c1. The lowest BCUT2D eigenvalue weighted by atomic mass is 10.1. The Bertz CT molecular complexity index is 376. The zero-order valence-corrected chi connectivity index (χ0v) is 10.7. The largest absolute Gasteiger partial charge is 0.489 e. The first-order chi connectivity index (χ1) is 8.19. The van der Waals surface area contributed by atoms with Crippen LogP contribution in [0.5, 0.6) is 5.75 Å². The molecule has 17 heavy (non-hydrogen) atoms. The van der Waals surface area contributed by atoms with Gasteiger partial charge in [0.2, 0.25) is 0 Å². The molecule has 1 unspecified atom stereocenters. The Labute approximate surface area is 102 Å². The molecule has 0 radical (unpaired) electrons. The van der Waals surface area contributed by atoms with Crippen LogP contribution >= 0.6 is 0 Å². The number of nitrogens with one attached hydrogen (secondary N) is 1. The van der Waals surface area contributed by atoms with Crippen LogP contribution < -0.4 is 10.1 Å². The average molecular weight is 237 g/mol. The lowest BCUT2D eigenvalue weighted by Gasteiger charge is -2.14. The van der Waals surface area contributed by atoms with Gasteiger partial charge in [-0.1, -0.05) is 25.1 Å². The third-order valence-electron chi connectivity index (χ3n) is 2.53. The molecule has 3 heteroatoms. The van der Waals surface area contributed by atoms with Crippen LogP contribution in [0.2, 0.25) is 0 Å². The summed E-state index contributed by atoms with van der Waals surface area (Å²) in [7, 11) is 0. The Morgan fingerprint density at radius 1 is 1.47 bits per heavy atom. The Hall–Kier alpha value is -1.35. The van der Waals surface area contributed by atoms with Crippen LogP contribution in [0.4, 0.5) is 4.39 Å². The van der Waals surface area contributed by atoms with Gasteiger partial charge >= 0.3 is 0 Å². The normalized spacial score (nSPS) is 12.9. The van der Waals surface area contributed by atoms with Crippen molar-refractivity contribution in [3.8, 4) is 5.75 Å². The number of hydrogen-bond donors (Lipinski definition) is 1. The van der Waals surface area contributed by atoms with Gasteiger partial charge in [0.15, 0.2) is 0 Å². The fourth-order valence-corrected chi connectivity index (χ4v) is 1.61. The van der Waals surface area contributed by atoms with Gasteiger partial charge in [0.05, 0.1) is 0 Å². The van der Waals surface area contributed by atoms with Crippen LogP contribution in [0.3, 0.4) is 0 Å². The van der Waals surface area contributed by atoms with E-state index in [1.165, 1.54) is 6.07 Å². The Morgan fingerprint density at radius 3 is 2.82 bits per heavy atom. The molecule has 0 amide bonds. The molecule has 1 rings (SSSR count). The van der Waals surface area contributed by atoms with Gasteiger partial charge in [-0.05, 0) is 26.5 Å². The van der Waals surface area contributed by atoms with Gasteiger partial charge in [-0.2, -0.15) is 0 Å². The van der Waals surface area contributed by atoms with E-state index in [1.807, 2.05) is 32.9 Å². The summed E-state index contributed by atoms with van der Waals surface area (Å²) in [6.07, 6.45) is 3.78. The summed E-state index contributed by atoms with van der Waals surface area (Å²) in [4.78, 5) is 0. The average Bonchev–Trinajstić information content (AvgIpc) is 2.29. The van der Waals surface area contributed by atoms with Crippen molar-refractivity contribution in [1.29, 1.82) is 0 Å².